The van der Waals surface area contributed by atoms with Gasteiger partial charge < -0.3 is 0 Å². The number of aromatic nitrogens is 6. The van der Waals surface area contributed by atoms with Crippen LogP contribution < -0.4 is 0 Å². The molecule has 0 aliphatic rings. The van der Waals surface area contributed by atoms with Gasteiger partial charge in [0.15, 0.2) is 23.3 Å². The van der Waals surface area contributed by atoms with E-state index in [-0.39, 0.29) is 0 Å². The van der Waals surface area contributed by atoms with E-state index in [1.807, 2.05) is 72.8 Å². The molecule has 9 aromatic rings. The Labute approximate surface area is 295 Å². The molecule has 0 N–H and O–H groups in total. The lowest BCUT2D eigenvalue weighted by atomic mass is 10.0. The lowest BCUT2D eigenvalue weighted by Crippen LogP contribution is -2.00. The van der Waals surface area contributed by atoms with Crippen LogP contribution in [0.5, 0.6) is 0 Å². The molecular formula is C45H30N6. The Hall–Kier alpha value is -7.05. The maximum atomic E-state index is 4.98. The average molecular weight is 655 g/mol. The van der Waals surface area contributed by atoms with E-state index in [1.54, 1.807) is 6.20 Å². The van der Waals surface area contributed by atoms with Gasteiger partial charge in [-0.2, -0.15) is 0 Å². The van der Waals surface area contributed by atoms with Crippen molar-refractivity contribution in [2.45, 2.75) is 0 Å². The highest BCUT2D eigenvalue weighted by atomic mass is 15.1. The second-order valence-electron chi connectivity index (χ2n) is 12.2. The summed E-state index contributed by atoms with van der Waals surface area (Å²) in [5.41, 5.74) is 11.0. The molecule has 0 radical (unpaired) electrons. The van der Waals surface area contributed by atoms with Crippen molar-refractivity contribution in [2.24, 2.45) is 0 Å². The summed E-state index contributed by atoms with van der Waals surface area (Å²) >= 11 is 0. The Morgan fingerprint density at radius 2 is 0.843 bits per heavy atom. The van der Waals surface area contributed by atoms with Gasteiger partial charge in [-0.3, -0.25) is 9.55 Å². The largest absolute Gasteiger partial charge is 0.291 e. The minimum Gasteiger partial charge on any atom is -0.291 e. The van der Waals surface area contributed by atoms with E-state index in [1.165, 1.54) is 5.56 Å². The summed E-state index contributed by atoms with van der Waals surface area (Å²) in [5, 5.41) is 0. The first-order valence-electron chi connectivity index (χ1n) is 16.8. The lowest BCUT2D eigenvalue weighted by Gasteiger charge is -2.12. The number of hydrogen-bond acceptors (Lipinski definition) is 5. The zero-order valence-corrected chi connectivity index (χ0v) is 27.5. The van der Waals surface area contributed by atoms with Gasteiger partial charge in [0.05, 0.1) is 11.0 Å². The molecule has 0 saturated heterocycles. The van der Waals surface area contributed by atoms with Gasteiger partial charge in [0.25, 0.3) is 0 Å². The molecule has 6 aromatic carbocycles. The molecule has 0 spiro atoms. The highest BCUT2D eigenvalue weighted by molar-refractivity contribution is 5.83. The van der Waals surface area contributed by atoms with Crippen LogP contribution in [0.15, 0.2) is 182 Å². The van der Waals surface area contributed by atoms with Gasteiger partial charge in [-0.25, -0.2) is 19.9 Å². The fourth-order valence-corrected chi connectivity index (χ4v) is 6.38. The Bertz CT molecular complexity index is 2600. The van der Waals surface area contributed by atoms with Crippen LogP contribution in [0.4, 0.5) is 0 Å². The lowest BCUT2D eigenvalue weighted by molar-refractivity contribution is 1.07. The normalized spacial score (nSPS) is 11.1. The van der Waals surface area contributed by atoms with E-state index in [9.17, 15) is 0 Å². The predicted octanol–water partition coefficient (Wildman–Crippen LogP) is 10.6. The number of benzene rings is 6. The summed E-state index contributed by atoms with van der Waals surface area (Å²) < 4.78 is 2.18. The number of hydrogen-bond donors (Lipinski definition) is 0. The molecule has 0 atom stereocenters. The molecule has 0 aliphatic heterocycles. The van der Waals surface area contributed by atoms with E-state index in [2.05, 4.69) is 113 Å². The first-order chi connectivity index (χ1) is 25.3. The topological polar surface area (TPSA) is 69.4 Å². The minimum atomic E-state index is 0.621. The summed E-state index contributed by atoms with van der Waals surface area (Å²) in [5.74, 6) is 2.69. The van der Waals surface area contributed by atoms with Crippen LogP contribution in [0.1, 0.15) is 0 Å². The van der Waals surface area contributed by atoms with Crippen molar-refractivity contribution in [3.05, 3.63) is 182 Å². The molecular weight excluding hydrogens is 625 g/mol. The van der Waals surface area contributed by atoms with Crippen LogP contribution in [0.3, 0.4) is 0 Å². The van der Waals surface area contributed by atoms with E-state index in [0.717, 1.165) is 61.6 Å². The number of nitrogens with zero attached hydrogens (tertiary/aromatic N) is 6. The van der Waals surface area contributed by atoms with Crippen molar-refractivity contribution < 1.29 is 0 Å². The maximum Gasteiger partial charge on any atom is 0.164 e. The molecule has 0 aliphatic carbocycles. The van der Waals surface area contributed by atoms with Crippen LogP contribution in [0.2, 0.25) is 0 Å². The molecule has 3 aromatic heterocycles. The number of pyridine rings is 1. The van der Waals surface area contributed by atoms with Crippen molar-refractivity contribution in [1.82, 2.24) is 29.5 Å². The van der Waals surface area contributed by atoms with Gasteiger partial charge in [-0.1, -0.05) is 140 Å². The van der Waals surface area contributed by atoms with Crippen molar-refractivity contribution in [3.8, 4) is 73.6 Å². The minimum absolute atomic E-state index is 0.621. The monoisotopic (exact) mass is 654 g/mol. The smallest absolute Gasteiger partial charge is 0.164 e. The van der Waals surface area contributed by atoms with Gasteiger partial charge in [-0.05, 0) is 58.7 Å². The van der Waals surface area contributed by atoms with Crippen molar-refractivity contribution in [1.29, 1.82) is 0 Å². The molecule has 0 fully saturated rings. The molecule has 6 nitrogen and oxygen atoms in total. The van der Waals surface area contributed by atoms with Crippen LogP contribution in [-0.2, 0) is 0 Å². The SMILES string of the molecule is c1ccc(-c2ccc(-c3nc(-c4ccccc4)nc(-c4ccc(-c5cccc(-n6c(-c7ccccn7)nc7ccccc76)c5)cc4)n3)cc2)cc1. The molecule has 6 heteroatoms. The number of imidazole rings is 1. The Morgan fingerprint density at radius 3 is 1.47 bits per heavy atom. The van der Waals surface area contributed by atoms with Crippen molar-refractivity contribution >= 4 is 11.0 Å². The third kappa shape index (κ3) is 5.96. The molecule has 0 bridgehead atoms. The third-order valence-corrected chi connectivity index (χ3v) is 8.95. The van der Waals surface area contributed by atoms with Crippen LogP contribution in [0, 0.1) is 0 Å². The first-order valence-corrected chi connectivity index (χ1v) is 16.8. The molecule has 3 heterocycles. The highest BCUT2D eigenvalue weighted by Crippen LogP contribution is 2.32. The van der Waals surface area contributed by atoms with Crippen LogP contribution in [-0.4, -0.2) is 29.5 Å². The summed E-state index contributed by atoms with van der Waals surface area (Å²) in [6.07, 6.45) is 1.80. The van der Waals surface area contributed by atoms with Crippen LogP contribution in [0.25, 0.3) is 84.7 Å². The summed E-state index contributed by atoms with van der Waals surface area (Å²) in [7, 11) is 0. The second-order valence-corrected chi connectivity index (χ2v) is 12.2. The van der Waals surface area contributed by atoms with Crippen LogP contribution >= 0.6 is 0 Å². The van der Waals surface area contributed by atoms with Crippen molar-refractivity contribution in [3.63, 3.8) is 0 Å². The summed E-state index contributed by atoms with van der Waals surface area (Å²) in [4.78, 5) is 24.4. The third-order valence-electron chi connectivity index (χ3n) is 8.95. The summed E-state index contributed by atoms with van der Waals surface area (Å²) in [6, 6.07) is 59.9. The Balaban J connectivity index is 1.08. The highest BCUT2D eigenvalue weighted by Gasteiger charge is 2.16. The molecule has 0 unspecified atom stereocenters. The fraction of sp³-hybridized carbons (Fsp3) is 0. The molecule has 51 heavy (non-hydrogen) atoms. The maximum absolute atomic E-state index is 4.98. The zero-order chi connectivity index (χ0) is 34.0. The second kappa shape index (κ2) is 13.1. The number of para-hydroxylation sites is 2. The predicted molar refractivity (Wildman–Crippen MR) is 205 cm³/mol. The standard InChI is InChI=1S/C45H30N6/c1-3-12-31(13-4-1)32-21-25-35(26-22-32)43-48-42(34-14-5-2-6-15-34)49-44(50-43)36-27-23-33(24-28-36)37-16-11-17-38(30-37)51-41-20-8-7-18-39(41)47-45(51)40-19-9-10-29-46-40/h1-30H. The quantitative estimate of drug-likeness (QED) is 0.171. The molecule has 0 saturated carbocycles. The first kappa shape index (κ1) is 30.0. The van der Waals surface area contributed by atoms with E-state index >= 15 is 0 Å². The Kier molecular flexibility index (Phi) is 7.72. The van der Waals surface area contributed by atoms with E-state index in [0.29, 0.717) is 17.5 Å². The van der Waals surface area contributed by atoms with E-state index in [4.69, 9.17) is 19.9 Å². The number of rotatable bonds is 7. The fourth-order valence-electron chi connectivity index (χ4n) is 6.38. The molecule has 9 rings (SSSR count). The van der Waals surface area contributed by atoms with Gasteiger partial charge in [-0.15, -0.1) is 0 Å². The average Bonchev–Trinajstić information content (AvgIpc) is 3.62. The number of fused-ring (bicyclic) bond motifs is 1. The molecule has 0 amide bonds. The van der Waals surface area contributed by atoms with Gasteiger partial charge >= 0.3 is 0 Å². The van der Waals surface area contributed by atoms with Crippen molar-refractivity contribution in [2.75, 3.05) is 0 Å². The van der Waals surface area contributed by atoms with E-state index < -0.39 is 0 Å². The molecule has 240 valence electrons. The van der Waals surface area contributed by atoms with Gasteiger partial charge in [0.1, 0.15) is 5.69 Å². The summed E-state index contributed by atoms with van der Waals surface area (Å²) in [6.45, 7) is 0. The zero-order valence-electron chi connectivity index (χ0n) is 27.5. The van der Waals surface area contributed by atoms with Gasteiger partial charge in [0.2, 0.25) is 0 Å². The Morgan fingerprint density at radius 1 is 0.353 bits per heavy atom. The van der Waals surface area contributed by atoms with Gasteiger partial charge in [0, 0.05) is 28.6 Å².